The Labute approximate surface area is 124 Å². The molecule has 0 bridgehead atoms. The Morgan fingerprint density at radius 2 is 1.85 bits per heavy atom. The number of hydrogen-bond acceptors (Lipinski definition) is 3. The molecule has 2 rings (SSSR count). The second-order valence-corrected chi connectivity index (χ2v) is 5.41. The van der Waals surface area contributed by atoms with Gasteiger partial charge in [0.15, 0.2) is 0 Å². The van der Waals surface area contributed by atoms with Gasteiger partial charge >= 0.3 is 0 Å². The second kappa shape index (κ2) is 11.9. The van der Waals surface area contributed by atoms with E-state index in [9.17, 15) is 0 Å². The summed E-state index contributed by atoms with van der Waals surface area (Å²) in [6.07, 6.45) is 10.3. The van der Waals surface area contributed by atoms with Gasteiger partial charge in [-0.1, -0.05) is 39.2 Å². The van der Waals surface area contributed by atoms with Crippen molar-refractivity contribution in [3.63, 3.8) is 0 Å². The predicted octanol–water partition coefficient (Wildman–Crippen LogP) is 3.33. The zero-order chi connectivity index (χ0) is 14.5. The normalized spacial score (nSPS) is 19.2. The maximum Gasteiger partial charge on any atom is 0.0267 e. The summed E-state index contributed by atoms with van der Waals surface area (Å²) in [6, 6.07) is 6.53. The summed E-state index contributed by atoms with van der Waals surface area (Å²) in [5.74, 6) is 0. The molecule has 3 nitrogen and oxygen atoms in total. The zero-order valence-corrected chi connectivity index (χ0v) is 13.2. The van der Waals surface area contributed by atoms with Crippen LogP contribution in [-0.2, 0) is 0 Å². The first kappa shape index (κ1) is 17.1. The van der Waals surface area contributed by atoms with Gasteiger partial charge in [0.05, 0.1) is 0 Å². The summed E-state index contributed by atoms with van der Waals surface area (Å²) in [6.45, 7) is 9.53. The van der Waals surface area contributed by atoms with E-state index in [4.69, 9.17) is 0 Å². The minimum atomic E-state index is 0.815. The van der Waals surface area contributed by atoms with Crippen LogP contribution in [0.4, 0.5) is 0 Å². The van der Waals surface area contributed by atoms with E-state index in [0.29, 0.717) is 0 Å². The van der Waals surface area contributed by atoms with E-state index in [1.165, 1.54) is 58.3 Å². The van der Waals surface area contributed by atoms with Crippen molar-refractivity contribution in [2.24, 2.45) is 0 Å². The summed E-state index contributed by atoms with van der Waals surface area (Å²) in [4.78, 5) is 6.47. The third kappa shape index (κ3) is 7.61. The molecular weight excluding hydrogens is 246 g/mol. The van der Waals surface area contributed by atoms with E-state index < -0.39 is 0 Å². The van der Waals surface area contributed by atoms with Crippen molar-refractivity contribution < 1.29 is 0 Å². The van der Waals surface area contributed by atoms with Gasteiger partial charge in [-0.3, -0.25) is 9.88 Å². The van der Waals surface area contributed by atoms with E-state index >= 15 is 0 Å². The Kier molecular flexibility index (Phi) is 10.2. The molecule has 1 unspecified atom stereocenters. The number of nitrogens with one attached hydrogen (secondary N) is 1. The Bertz CT molecular complexity index is 260. The SMILES string of the molecule is CCCCC1CNCCN1CCCC.c1ccncc1. The van der Waals surface area contributed by atoms with Crippen LogP contribution in [0.1, 0.15) is 46.0 Å². The molecule has 0 amide bonds. The highest BCUT2D eigenvalue weighted by Crippen LogP contribution is 2.11. The molecule has 0 aliphatic carbocycles. The average Bonchev–Trinajstić information content (AvgIpc) is 2.54. The molecule has 0 saturated carbocycles. The van der Waals surface area contributed by atoms with Crippen LogP contribution < -0.4 is 5.32 Å². The van der Waals surface area contributed by atoms with Crippen LogP contribution in [0.25, 0.3) is 0 Å². The number of hydrogen-bond donors (Lipinski definition) is 1. The molecule has 114 valence electrons. The van der Waals surface area contributed by atoms with Crippen LogP contribution in [0.2, 0.25) is 0 Å². The highest BCUT2D eigenvalue weighted by atomic mass is 15.2. The van der Waals surface area contributed by atoms with E-state index in [-0.39, 0.29) is 0 Å². The number of pyridine rings is 1. The molecule has 20 heavy (non-hydrogen) atoms. The molecule has 1 aliphatic heterocycles. The topological polar surface area (TPSA) is 28.2 Å². The molecule has 1 aromatic rings. The van der Waals surface area contributed by atoms with E-state index in [1.807, 2.05) is 18.2 Å². The van der Waals surface area contributed by atoms with Crippen molar-refractivity contribution >= 4 is 0 Å². The minimum Gasteiger partial charge on any atom is -0.314 e. The number of aromatic nitrogens is 1. The predicted molar refractivity (Wildman–Crippen MR) is 86.9 cm³/mol. The van der Waals surface area contributed by atoms with Crippen LogP contribution in [0.5, 0.6) is 0 Å². The first-order valence-corrected chi connectivity index (χ1v) is 8.18. The molecule has 1 aliphatic rings. The number of rotatable bonds is 6. The Morgan fingerprint density at radius 1 is 1.10 bits per heavy atom. The summed E-state index contributed by atoms with van der Waals surface area (Å²) in [7, 11) is 0. The maximum absolute atomic E-state index is 3.78. The highest BCUT2D eigenvalue weighted by Gasteiger charge is 2.20. The fourth-order valence-electron chi connectivity index (χ4n) is 2.50. The average molecular weight is 277 g/mol. The van der Waals surface area contributed by atoms with Crippen molar-refractivity contribution in [2.75, 3.05) is 26.2 Å². The largest absolute Gasteiger partial charge is 0.314 e. The van der Waals surface area contributed by atoms with Gasteiger partial charge in [-0.2, -0.15) is 0 Å². The lowest BCUT2D eigenvalue weighted by molar-refractivity contribution is 0.149. The van der Waals surface area contributed by atoms with Gasteiger partial charge in [-0.15, -0.1) is 0 Å². The molecule has 2 heterocycles. The Balaban J connectivity index is 0.000000276. The van der Waals surface area contributed by atoms with Crippen molar-refractivity contribution in [1.29, 1.82) is 0 Å². The number of piperazine rings is 1. The lowest BCUT2D eigenvalue weighted by Crippen LogP contribution is -2.51. The fourth-order valence-corrected chi connectivity index (χ4v) is 2.50. The van der Waals surface area contributed by atoms with E-state index in [0.717, 1.165) is 6.04 Å². The second-order valence-electron chi connectivity index (χ2n) is 5.41. The molecule has 1 N–H and O–H groups in total. The molecule has 0 radical (unpaired) electrons. The first-order chi connectivity index (χ1) is 9.88. The van der Waals surface area contributed by atoms with Crippen LogP contribution in [0, 0.1) is 0 Å². The standard InChI is InChI=1S/C12H26N2.C5H5N/c1-3-5-7-12-11-13-8-10-14(12)9-6-4-2;1-2-4-6-5-3-1/h12-13H,3-11H2,1-2H3;1-5H. The van der Waals surface area contributed by atoms with Gasteiger partial charge in [-0.05, 0) is 31.5 Å². The summed E-state index contributed by atoms with van der Waals surface area (Å²) >= 11 is 0. The van der Waals surface area contributed by atoms with Crippen molar-refractivity contribution in [3.05, 3.63) is 30.6 Å². The zero-order valence-electron chi connectivity index (χ0n) is 13.2. The quantitative estimate of drug-likeness (QED) is 0.864. The van der Waals surface area contributed by atoms with Crippen LogP contribution in [0.3, 0.4) is 0 Å². The van der Waals surface area contributed by atoms with Gasteiger partial charge < -0.3 is 5.32 Å². The molecule has 0 aromatic carbocycles. The minimum absolute atomic E-state index is 0.815. The summed E-state index contributed by atoms with van der Waals surface area (Å²) in [5, 5.41) is 3.51. The Morgan fingerprint density at radius 3 is 2.40 bits per heavy atom. The molecule has 0 spiro atoms. The lowest BCUT2D eigenvalue weighted by Gasteiger charge is -2.36. The van der Waals surface area contributed by atoms with Crippen LogP contribution in [0.15, 0.2) is 30.6 Å². The van der Waals surface area contributed by atoms with E-state index in [1.54, 1.807) is 12.4 Å². The Hall–Kier alpha value is -0.930. The van der Waals surface area contributed by atoms with Gasteiger partial charge in [0.2, 0.25) is 0 Å². The van der Waals surface area contributed by atoms with Crippen LogP contribution >= 0.6 is 0 Å². The third-order valence-electron chi connectivity index (χ3n) is 3.73. The van der Waals surface area contributed by atoms with Crippen molar-refractivity contribution in [3.8, 4) is 0 Å². The number of nitrogens with zero attached hydrogens (tertiary/aromatic N) is 2. The maximum atomic E-state index is 3.78. The summed E-state index contributed by atoms with van der Waals surface area (Å²) < 4.78 is 0. The fraction of sp³-hybridized carbons (Fsp3) is 0.706. The van der Waals surface area contributed by atoms with Crippen LogP contribution in [-0.4, -0.2) is 42.1 Å². The lowest BCUT2D eigenvalue weighted by atomic mass is 10.1. The summed E-state index contributed by atoms with van der Waals surface area (Å²) in [5.41, 5.74) is 0. The monoisotopic (exact) mass is 277 g/mol. The van der Waals surface area contributed by atoms with Gasteiger partial charge in [0.25, 0.3) is 0 Å². The van der Waals surface area contributed by atoms with Gasteiger partial charge in [-0.25, -0.2) is 0 Å². The molecule has 1 saturated heterocycles. The molecule has 1 atom stereocenters. The molecule has 1 fully saturated rings. The van der Waals surface area contributed by atoms with Gasteiger partial charge in [0, 0.05) is 38.1 Å². The van der Waals surface area contributed by atoms with Crippen molar-refractivity contribution in [1.82, 2.24) is 15.2 Å². The smallest absolute Gasteiger partial charge is 0.0267 e. The van der Waals surface area contributed by atoms with Gasteiger partial charge in [0.1, 0.15) is 0 Å². The third-order valence-corrected chi connectivity index (χ3v) is 3.73. The molecule has 1 aromatic heterocycles. The number of unbranched alkanes of at least 4 members (excludes halogenated alkanes) is 2. The van der Waals surface area contributed by atoms with Crippen molar-refractivity contribution in [2.45, 2.75) is 52.0 Å². The van der Waals surface area contributed by atoms with E-state index in [2.05, 4.69) is 29.0 Å². The first-order valence-electron chi connectivity index (χ1n) is 8.18. The molecular formula is C17H31N3. The molecule has 3 heteroatoms. The highest BCUT2D eigenvalue weighted by molar-refractivity contribution is 4.88.